The van der Waals surface area contributed by atoms with Crippen LogP contribution in [0.1, 0.15) is 28.6 Å². The number of nitrogens with one attached hydrogen (secondary N) is 1. The van der Waals surface area contributed by atoms with Crippen LogP contribution in [-0.4, -0.2) is 52.8 Å². The van der Waals surface area contributed by atoms with Gasteiger partial charge in [-0.1, -0.05) is 29.2 Å². The lowest BCUT2D eigenvalue weighted by Gasteiger charge is -2.35. The Hall–Kier alpha value is -3.88. The van der Waals surface area contributed by atoms with Crippen LogP contribution in [0.4, 0.5) is 30.8 Å². The van der Waals surface area contributed by atoms with Crippen LogP contribution < -0.4 is 9.80 Å². The minimum Gasteiger partial charge on any atom is -0.378 e. The minimum atomic E-state index is -4.72. The molecule has 1 aromatic carbocycles. The fourth-order valence-electron chi connectivity index (χ4n) is 5.11. The van der Waals surface area contributed by atoms with Crippen LogP contribution in [0.3, 0.4) is 0 Å². The summed E-state index contributed by atoms with van der Waals surface area (Å²) in [6.45, 7) is 10.3. The van der Waals surface area contributed by atoms with E-state index in [1.165, 1.54) is 0 Å². The Morgan fingerprint density at radius 1 is 1.08 bits per heavy atom. The molecule has 2 aliphatic rings. The Balaban J connectivity index is 1.49. The maximum Gasteiger partial charge on any atom is 0.432 e. The molecule has 4 aromatic rings. The zero-order valence-corrected chi connectivity index (χ0v) is 20.7. The van der Waals surface area contributed by atoms with Crippen molar-refractivity contribution in [2.75, 3.05) is 42.6 Å². The number of aromatic nitrogens is 4. The molecule has 38 heavy (non-hydrogen) atoms. The van der Waals surface area contributed by atoms with Gasteiger partial charge in [-0.05, 0) is 47.9 Å². The molecule has 0 bridgehead atoms. The van der Waals surface area contributed by atoms with Gasteiger partial charge in [-0.25, -0.2) is 4.98 Å². The number of aromatic amines is 1. The molecule has 3 aromatic heterocycles. The van der Waals surface area contributed by atoms with Crippen molar-refractivity contribution < 1.29 is 17.9 Å². The number of rotatable bonds is 3. The van der Waals surface area contributed by atoms with Gasteiger partial charge in [0.2, 0.25) is 0 Å². The summed E-state index contributed by atoms with van der Waals surface area (Å²) < 4.78 is 46.4. The average Bonchev–Trinajstić information content (AvgIpc) is 3.30. The number of morpholine rings is 1. The topological polar surface area (TPSA) is 74.5 Å². The molecule has 0 amide bonds. The molecule has 5 heterocycles. The molecule has 8 nitrogen and oxygen atoms in total. The second-order valence-electron chi connectivity index (χ2n) is 9.12. The molecule has 1 N–H and O–H groups in total. The van der Waals surface area contributed by atoms with E-state index in [4.69, 9.17) is 22.9 Å². The summed E-state index contributed by atoms with van der Waals surface area (Å²) in [5.74, 6) is 0.278. The summed E-state index contributed by atoms with van der Waals surface area (Å²) >= 11 is 6.28. The molecule has 2 aliphatic heterocycles. The highest BCUT2D eigenvalue weighted by Gasteiger charge is 2.39. The molecule has 6 rings (SSSR count). The minimum absolute atomic E-state index is 0.157. The molecule has 0 spiro atoms. The van der Waals surface area contributed by atoms with Gasteiger partial charge in [0.25, 0.3) is 5.82 Å². The lowest BCUT2D eigenvalue weighted by atomic mass is 9.93. The van der Waals surface area contributed by atoms with Crippen LogP contribution in [0.25, 0.3) is 15.7 Å². The number of anilines is 2. The van der Waals surface area contributed by atoms with Gasteiger partial charge < -0.3 is 24.4 Å². The normalized spacial score (nSPS) is 17.9. The van der Waals surface area contributed by atoms with E-state index in [2.05, 4.69) is 29.7 Å². The number of alkyl halides is 3. The van der Waals surface area contributed by atoms with Gasteiger partial charge in [-0.15, -0.1) is 0 Å². The van der Waals surface area contributed by atoms with Gasteiger partial charge >= 0.3 is 12.1 Å². The van der Waals surface area contributed by atoms with E-state index in [9.17, 15) is 13.2 Å². The highest BCUT2D eigenvalue weighted by atomic mass is 35.5. The fraction of sp³-hybridized carbons (Fsp3) is 0.308. The van der Waals surface area contributed by atoms with Crippen LogP contribution in [0.2, 0.25) is 5.02 Å². The maximum absolute atomic E-state index is 13.7. The standard InChI is InChI=1S/C26H21ClF3N7O/c1-31-21-13-20(26(28,29)30)34-25(35-21)37-7-6-17-18-12-16(27)3-4-19(18)33-23(17)24(37)15-2-5-22(32-14-15)36-8-10-38-11-9-36/h2-5,12-14,24,33H,6-11H2/t24-/m0/s1. The first kappa shape index (κ1) is 24.5. The molecule has 1 atom stereocenters. The molecule has 0 radical (unpaired) electrons. The average molecular weight is 540 g/mol. The predicted molar refractivity (Wildman–Crippen MR) is 137 cm³/mol. The molecule has 0 saturated carbocycles. The summed E-state index contributed by atoms with van der Waals surface area (Å²) in [6.07, 6.45) is -2.45. The first-order valence-corrected chi connectivity index (χ1v) is 12.4. The SMILES string of the molecule is [C-]#[N+]c1cc(C(F)(F)F)nc(N2CCc3c([nH]c4ccc(Cl)cc34)[C@@H]2c2ccc(N3CCOCC3)nc2)n1. The van der Waals surface area contributed by atoms with E-state index in [-0.39, 0.29) is 11.8 Å². The number of fused-ring (bicyclic) bond motifs is 3. The van der Waals surface area contributed by atoms with Crippen molar-refractivity contribution in [3.8, 4) is 0 Å². The highest BCUT2D eigenvalue weighted by Crippen LogP contribution is 2.41. The van der Waals surface area contributed by atoms with E-state index in [1.807, 2.05) is 24.3 Å². The molecule has 0 unspecified atom stereocenters. The lowest BCUT2D eigenvalue weighted by molar-refractivity contribution is -0.141. The number of nitrogens with zero attached hydrogens (tertiary/aromatic N) is 6. The summed E-state index contributed by atoms with van der Waals surface area (Å²) in [6, 6.07) is 9.50. The molecule has 0 aliphatic carbocycles. The van der Waals surface area contributed by atoms with E-state index in [1.54, 1.807) is 17.2 Å². The Kier molecular flexibility index (Phi) is 6.08. The molecular weight excluding hydrogens is 519 g/mol. The largest absolute Gasteiger partial charge is 0.432 e. The molecule has 12 heteroatoms. The van der Waals surface area contributed by atoms with Crippen LogP contribution in [0.15, 0.2) is 42.6 Å². The number of ether oxygens (including phenoxy) is 1. The lowest BCUT2D eigenvalue weighted by Crippen LogP contribution is -2.38. The quantitative estimate of drug-likeness (QED) is 0.343. The number of halogens is 4. The van der Waals surface area contributed by atoms with Crippen molar-refractivity contribution in [2.24, 2.45) is 0 Å². The molecule has 1 saturated heterocycles. The van der Waals surface area contributed by atoms with Crippen molar-refractivity contribution in [1.82, 2.24) is 19.9 Å². The number of hydrogen-bond donors (Lipinski definition) is 1. The van der Waals surface area contributed by atoms with Gasteiger partial charge in [0.15, 0.2) is 0 Å². The Morgan fingerprint density at radius 3 is 2.61 bits per heavy atom. The van der Waals surface area contributed by atoms with Gasteiger partial charge in [-0.3, -0.25) is 0 Å². The Bertz CT molecular complexity index is 1540. The predicted octanol–water partition coefficient (Wildman–Crippen LogP) is 5.56. The van der Waals surface area contributed by atoms with Crippen LogP contribution in [0, 0.1) is 6.57 Å². The molecular formula is C26H21ClF3N7O. The summed E-state index contributed by atoms with van der Waals surface area (Å²) in [4.78, 5) is 23.2. The van der Waals surface area contributed by atoms with E-state index < -0.39 is 17.9 Å². The van der Waals surface area contributed by atoms with E-state index in [0.717, 1.165) is 46.6 Å². The smallest absolute Gasteiger partial charge is 0.378 e. The van der Waals surface area contributed by atoms with Gasteiger partial charge in [0, 0.05) is 47.5 Å². The highest BCUT2D eigenvalue weighted by molar-refractivity contribution is 6.31. The van der Waals surface area contributed by atoms with Gasteiger partial charge in [-0.2, -0.15) is 18.2 Å². The van der Waals surface area contributed by atoms with Crippen LogP contribution >= 0.6 is 11.6 Å². The number of pyridine rings is 1. The maximum atomic E-state index is 13.7. The second-order valence-corrected chi connectivity index (χ2v) is 9.56. The van der Waals surface area contributed by atoms with E-state index >= 15 is 0 Å². The summed E-state index contributed by atoms with van der Waals surface area (Å²) in [5, 5.41) is 1.56. The first-order chi connectivity index (χ1) is 18.3. The fourth-order valence-corrected chi connectivity index (χ4v) is 5.29. The molecule has 194 valence electrons. The van der Waals surface area contributed by atoms with Crippen molar-refractivity contribution >= 4 is 40.1 Å². The zero-order valence-electron chi connectivity index (χ0n) is 20.0. The Morgan fingerprint density at radius 2 is 1.89 bits per heavy atom. The van der Waals surface area contributed by atoms with Gasteiger partial charge in [0.1, 0.15) is 17.6 Å². The van der Waals surface area contributed by atoms with Crippen molar-refractivity contribution in [3.63, 3.8) is 0 Å². The number of H-pyrrole nitrogens is 1. The second kappa shape index (κ2) is 9.45. The van der Waals surface area contributed by atoms with Gasteiger partial charge in [0.05, 0.1) is 13.2 Å². The van der Waals surface area contributed by atoms with Crippen molar-refractivity contribution in [2.45, 2.75) is 18.6 Å². The van der Waals surface area contributed by atoms with Crippen molar-refractivity contribution in [1.29, 1.82) is 0 Å². The van der Waals surface area contributed by atoms with Crippen molar-refractivity contribution in [3.05, 3.63) is 81.5 Å². The molecule has 1 fully saturated rings. The monoisotopic (exact) mass is 539 g/mol. The number of benzene rings is 1. The zero-order chi connectivity index (χ0) is 26.4. The third-order valence-electron chi connectivity index (χ3n) is 6.87. The van der Waals surface area contributed by atoms with Crippen LogP contribution in [0.5, 0.6) is 0 Å². The first-order valence-electron chi connectivity index (χ1n) is 12.0. The summed E-state index contributed by atoms with van der Waals surface area (Å²) in [7, 11) is 0. The Labute approximate surface area is 220 Å². The third-order valence-corrected chi connectivity index (χ3v) is 7.11. The third kappa shape index (κ3) is 4.40. The van der Waals surface area contributed by atoms with E-state index in [0.29, 0.717) is 37.3 Å². The van der Waals surface area contributed by atoms with Crippen LogP contribution in [-0.2, 0) is 17.3 Å². The summed E-state index contributed by atoms with van der Waals surface area (Å²) in [5.41, 5.74) is 2.31. The number of hydrogen-bond acceptors (Lipinski definition) is 6.